The van der Waals surface area contributed by atoms with Gasteiger partial charge in [-0.05, 0) is 18.3 Å². The maximum atomic E-state index is 11.2. The van der Waals surface area contributed by atoms with Crippen LogP contribution in [0.15, 0.2) is 5.38 Å². The zero-order valence-electron chi connectivity index (χ0n) is 11.4. The van der Waals surface area contributed by atoms with E-state index in [1.54, 1.807) is 0 Å². The molecule has 2 rings (SSSR count). The van der Waals surface area contributed by atoms with E-state index in [0.717, 1.165) is 43.4 Å². The molecule has 1 aliphatic heterocycles. The third kappa shape index (κ3) is 4.18. The standard InChI is InChI=1S/C13H20N2O3S/c1-13(3-5-18-6-4-13)9-14-12-15-10(8-19-12)7-11(16)17-2/h8H,3-7,9H2,1-2H3,(H,14,15). The molecule has 0 amide bonds. The number of hydrogen-bond donors (Lipinski definition) is 1. The monoisotopic (exact) mass is 284 g/mol. The molecule has 0 aliphatic carbocycles. The fourth-order valence-electron chi connectivity index (χ4n) is 2.02. The van der Waals surface area contributed by atoms with Crippen molar-refractivity contribution in [3.05, 3.63) is 11.1 Å². The first kappa shape index (κ1) is 14.3. The molecule has 0 saturated carbocycles. The Bertz CT molecular complexity index is 427. The lowest BCUT2D eigenvalue weighted by Crippen LogP contribution is -2.33. The largest absolute Gasteiger partial charge is 0.469 e. The zero-order valence-corrected chi connectivity index (χ0v) is 12.2. The van der Waals surface area contributed by atoms with E-state index >= 15 is 0 Å². The molecule has 106 valence electrons. The Labute approximate surface area is 117 Å². The van der Waals surface area contributed by atoms with Gasteiger partial charge < -0.3 is 14.8 Å². The fraction of sp³-hybridized carbons (Fsp3) is 0.692. The molecule has 19 heavy (non-hydrogen) atoms. The highest BCUT2D eigenvalue weighted by atomic mass is 32.1. The summed E-state index contributed by atoms with van der Waals surface area (Å²) >= 11 is 1.53. The number of rotatable bonds is 5. The third-order valence-corrected chi connectivity index (χ3v) is 4.32. The number of nitrogens with zero attached hydrogens (tertiary/aromatic N) is 1. The van der Waals surface area contributed by atoms with Gasteiger partial charge in [0.2, 0.25) is 0 Å². The van der Waals surface area contributed by atoms with Gasteiger partial charge in [0.25, 0.3) is 0 Å². The summed E-state index contributed by atoms with van der Waals surface area (Å²) in [5.41, 5.74) is 1.03. The Balaban J connectivity index is 1.84. The first-order valence-electron chi connectivity index (χ1n) is 6.44. The normalized spacial score (nSPS) is 18.0. The van der Waals surface area contributed by atoms with Crippen molar-refractivity contribution in [3.8, 4) is 0 Å². The van der Waals surface area contributed by atoms with Crippen molar-refractivity contribution in [2.24, 2.45) is 5.41 Å². The maximum absolute atomic E-state index is 11.2. The highest BCUT2D eigenvalue weighted by molar-refractivity contribution is 7.13. The van der Waals surface area contributed by atoms with Crippen molar-refractivity contribution >= 4 is 22.4 Å². The summed E-state index contributed by atoms with van der Waals surface area (Å²) in [5.74, 6) is -0.256. The van der Waals surface area contributed by atoms with Gasteiger partial charge in [-0.25, -0.2) is 4.98 Å². The van der Waals surface area contributed by atoms with Crippen LogP contribution >= 0.6 is 11.3 Å². The predicted octanol–water partition coefficient (Wildman–Crippen LogP) is 2.09. The van der Waals surface area contributed by atoms with Crippen molar-refractivity contribution in [2.45, 2.75) is 26.2 Å². The second-order valence-corrected chi connectivity index (χ2v) is 6.03. The van der Waals surface area contributed by atoms with Crippen LogP contribution in [-0.4, -0.2) is 37.8 Å². The SMILES string of the molecule is COC(=O)Cc1csc(NCC2(C)CCOCC2)n1. The summed E-state index contributed by atoms with van der Waals surface area (Å²) in [6, 6.07) is 0. The first-order chi connectivity index (χ1) is 9.11. The van der Waals surface area contributed by atoms with E-state index in [-0.39, 0.29) is 17.8 Å². The average Bonchev–Trinajstić information content (AvgIpc) is 2.85. The summed E-state index contributed by atoms with van der Waals surface area (Å²) in [7, 11) is 1.39. The number of anilines is 1. The van der Waals surface area contributed by atoms with Crippen LogP contribution in [0.25, 0.3) is 0 Å². The van der Waals surface area contributed by atoms with Crippen LogP contribution in [0.2, 0.25) is 0 Å². The third-order valence-electron chi connectivity index (χ3n) is 3.47. The van der Waals surface area contributed by atoms with Crippen LogP contribution in [0.1, 0.15) is 25.5 Å². The number of carbonyl (C=O) groups excluding carboxylic acids is 1. The van der Waals surface area contributed by atoms with Crippen LogP contribution in [0.4, 0.5) is 5.13 Å². The molecule has 1 aromatic heterocycles. The second kappa shape index (κ2) is 6.34. The number of nitrogens with one attached hydrogen (secondary N) is 1. The summed E-state index contributed by atoms with van der Waals surface area (Å²) in [5, 5.41) is 6.13. The Hall–Kier alpha value is -1.14. The number of aromatic nitrogens is 1. The molecule has 1 aliphatic rings. The Morgan fingerprint density at radius 1 is 1.58 bits per heavy atom. The van der Waals surface area contributed by atoms with Gasteiger partial charge in [-0.2, -0.15) is 0 Å². The zero-order chi connectivity index (χ0) is 13.7. The van der Waals surface area contributed by atoms with E-state index in [4.69, 9.17) is 4.74 Å². The van der Waals surface area contributed by atoms with Crippen molar-refractivity contribution < 1.29 is 14.3 Å². The molecule has 1 saturated heterocycles. The quantitative estimate of drug-likeness (QED) is 0.839. The summed E-state index contributed by atoms with van der Waals surface area (Å²) in [6.45, 7) is 4.83. The average molecular weight is 284 g/mol. The molecule has 0 atom stereocenters. The Kier molecular flexibility index (Phi) is 4.76. The van der Waals surface area contributed by atoms with Gasteiger partial charge in [0.15, 0.2) is 5.13 Å². The lowest BCUT2D eigenvalue weighted by molar-refractivity contribution is -0.139. The molecule has 1 fully saturated rings. The van der Waals surface area contributed by atoms with Gasteiger partial charge >= 0.3 is 5.97 Å². The maximum Gasteiger partial charge on any atom is 0.311 e. The minimum absolute atomic E-state index is 0.236. The molecule has 1 N–H and O–H groups in total. The van der Waals surface area contributed by atoms with Gasteiger partial charge in [0.1, 0.15) is 0 Å². The second-order valence-electron chi connectivity index (χ2n) is 5.17. The van der Waals surface area contributed by atoms with Gasteiger partial charge in [-0.1, -0.05) is 6.92 Å². The highest BCUT2D eigenvalue weighted by Crippen LogP contribution is 2.30. The fourth-order valence-corrected chi connectivity index (χ4v) is 2.73. The minimum atomic E-state index is -0.256. The first-order valence-corrected chi connectivity index (χ1v) is 7.32. The van der Waals surface area contributed by atoms with Crippen molar-refractivity contribution in [1.29, 1.82) is 0 Å². The summed E-state index contributed by atoms with van der Waals surface area (Å²) < 4.78 is 10.0. The van der Waals surface area contributed by atoms with E-state index < -0.39 is 0 Å². The molecule has 1 aromatic rings. The van der Waals surface area contributed by atoms with Crippen molar-refractivity contribution in [2.75, 3.05) is 32.2 Å². The molecule has 0 aromatic carbocycles. The molecule has 0 bridgehead atoms. The molecule has 6 heteroatoms. The van der Waals surface area contributed by atoms with Gasteiger partial charge in [0, 0.05) is 25.1 Å². The van der Waals surface area contributed by atoms with Crippen LogP contribution in [0.5, 0.6) is 0 Å². The number of hydrogen-bond acceptors (Lipinski definition) is 6. The molecular formula is C13H20N2O3S. The van der Waals surface area contributed by atoms with Crippen LogP contribution < -0.4 is 5.32 Å². The number of thiazole rings is 1. The van der Waals surface area contributed by atoms with Gasteiger partial charge in [-0.3, -0.25) is 4.79 Å². The number of ether oxygens (including phenoxy) is 2. The molecule has 0 radical (unpaired) electrons. The number of esters is 1. The molecule has 2 heterocycles. The smallest absolute Gasteiger partial charge is 0.311 e. The molecule has 0 unspecified atom stereocenters. The lowest BCUT2D eigenvalue weighted by atomic mass is 9.82. The van der Waals surface area contributed by atoms with Crippen LogP contribution in [-0.2, 0) is 20.7 Å². The molecule has 0 spiro atoms. The molecule has 5 nitrogen and oxygen atoms in total. The summed E-state index contributed by atoms with van der Waals surface area (Å²) in [6.07, 6.45) is 2.38. The Morgan fingerprint density at radius 3 is 3.00 bits per heavy atom. The van der Waals surface area contributed by atoms with Gasteiger partial charge in [0.05, 0.1) is 19.2 Å². The van der Waals surface area contributed by atoms with E-state index in [9.17, 15) is 4.79 Å². The molecular weight excluding hydrogens is 264 g/mol. The van der Waals surface area contributed by atoms with Crippen LogP contribution in [0, 0.1) is 5.41 Å². The Morgan fingerprint density at radius 2 is 2.32 bits per heavy atom. The van der Waals surface area contributed by atoms with E-state index in [2.05, 4.69) is 22.0 Å². The van der Waals surface area contributed by atoms with Gasteiger partial charge in [-0.15, -0.1) is 11.3 Å². The number of carbonyl (C=O) groups is 1. The highest BCUT2D eigenvalue weighted by Gasteiger charge is 2.27. The van der Waals surface area contributed by atoms with Crippen molar-refractivity contribution in [3.63, 3.8) is 0 Å². The van der Waals surface area contributed by atoms with E-state index in [1.165, 1.54) is 18.4 Å². The van der Waals surface area contributed by atoms with Crippen molar-refractivity contribution in [1.82, 2.24) is 4.98 Å². The van der Waals surface area contributed by atoms with E-state index in [0.29, 0.717) is 0 Å². The number of methoxy groups -OCH3 is 1. The summed E-state index contributed by atoms with van der Waals surface area (Å²) in [4.78, 5) is 15.5. The van der Waals surface area contributed by atoms with Crippen LogP contribution in [0.3, 0.4) is 0 Å². The minimum Gasteiger partial charge on any atom is -0.469 e. The topological polar surface area (TPSA) is 60.5 Å². The predicted molar refractivity (Wildman–Crippen MR) is 74.5 cm³/mol. The van der Waals surface area contributed by atoms with E-state index in [1.807, 2.05) is 5.38 Å². The lowest BCUT2D eigenvalue weighted by Gasteiger charge is -2.33.